The highest BCUT2D eigenvalue weighted by molar-refractivity contribution is 5.88. The van der Waals surface area contributed by atoms with Crippen molar-refractivity contribution < 1.29 is 59.5 Å². The fraction of sp³-hybridized carbons (Fsp3) is 0.238. The molecule has 0 radical (unpaired) electrons. The van der Waals surface area contributed by atoms with Crippen LogP contribution in [0.2, 0.25) is 0 Å². The van der Waals surface area contributed by atoms with Crippen LogP contribution in [0.15, 0.2) is 39.5 Å². The second-order valence-corrected chi connectivity index (χ2v) is 7.48. The number of benzene rings is 2. The van der Waals surface area contributed by atoms with Gasteiger partial charge >= 0.3 is 5.97 Å². The number of aliphatic hydroxyl groups is 3. The quantitative estimate of drug-likeness (QED) is 0.223. The van der Waals surface area contributed by atoms with Gasteiger partial charge in [0.2, 0.25) is 17.5 Å². The molecule has 13 nitrogen and oxygen atoms in total. The lowest BCUT2D eigenvalue weighted by Crippen LogP contribution is -2.61. The molecule has 4 rings (SSSR count). The van der Waals surface area contributed by atoms with E-state index in [1.165, 1.54) is 6.07 Å². The Morgan fingerprint density at radius 2 is 1.59 bits per heavy atom. The monoisotopic (exact) mass is 478 g/mol. The fourth-order valence-electron chi connectivity index (χ4n) is 3.50. The number of fused-ring (bicyclic) bond motifs is 1. The first kappa shape index (κ1) is 23.1. The Bertz CT molecular complexity index is 1330. The lowest BCUT2D eigenvalue weighted by Gasteiger charge is -2.38. The van der Waals surface area contributed by atoms with Crippen LogP contribution in [0.3, 0.4) is 0 Å². The minimum absolute atomic E-state index is 0.0483. The van der Waals surface area contributed by atoms with Crippen LogP contribution < -0.4 is 10.2 Å². The molecule has 8 N–H and O–H groups in total. The SMILES string of the molecule is O=C(O)[C@H]1O[C@@H](Oc2c(-c3ccc(O)c(O)c3)oc3cc(O)cc(O)c3c2=O)[C@@H](O)[C@@H](O)[C@@H]1O. The van der Waals surface area contributed by atoms with E-state index in [4.69, 9.17) is 13.9 Å². The summed E-state index contributed by atoms with van der Waals surface area (Å²) in [5.41, 5.74) is -1.40. The number of aromatic hydroxyl groups is 4. The molecule has 0 saturated carbocycles. The van der Waals surface area contributed by atoms with Crippen LogP contribution >= 0.6 is 0 Å². The van der Waals surface area contributed by atoms with Gasteiger partial charge < -0.3 is 54.7 Å². The molecule has 1 aliphatic heterocycles. The number of carboxylic acid groups (broad SMARTS) is 1. The highest BCUT2D eigenvalue weighted by Gasteiger charge is 2.48. The molecule has 0 bridgehead atoms. The van der Waals surface area contributed by atoms with Crippen molar-refractivity contribution in [2.75, 3.05) is 0 Å². The van der Waals surface area contributed by atoms with Gasteiger partial charge in [-0.25, -0.2) is 4.79 Å². The van der Waals surface area contributed by atoms with Crippen LogP contribution in [-0.4, -0.2) is 77.5 Å². The zero-order valence-corrected chi connectivity index (χ0v) is 16.9. The molecule has 34 heavy (non-hydrogen) atoms. The summed E-state index contributed by atoms with van der Waals surface area (Å²) in [6.07, 6.45) is -10.1. The van der Waals surface area contributed by atoms with Crippen molar-refractivity contribution in [2.24, 2.45) is 0 Å². The molecule has 1 saturated heterocycles. The second kappa shape index (κ2) is 8.39. The Labute approximate surface area is 188 Å². The Kier molecular flexibility index (Phi) is 5.70. The van der Waals surface area contributed by atoms with E-state index in [0.717, 1.165) is 24.3 Å². The molecule has 2 aromatic carbocycles. The number of ether oxygens (including phenoxy) is 2. The predicted molar refractivity (Wildman–Crippen MR) is 110 cm³/mol. The molecule has 0 aliphatic carbocycles. The third-order valence-electron chi connectivity index (χ3n) is 5.20. The minimum atomic E-state index is -2.03. The van der Waals surface area contributed by atoms with Crippen molar-refractivity contribution in [3.05, 3.63) is 40.6 Å². The summed E-state index contributed by atoms with van der Waals surface area (Å²) in [5, 5.41) is 78.3. The van der Waals surface area contributed by atoms with Gasteiger partial charge in [-0.3, -0.25) is 4.79 Å². The molecule has 3 aromatic rings. The number of aliphatic carboxylic acids is 1. The summed E-state index contributed by atoms with van der Waals surface area (Å²) in [4.78, 5) is 24.6. The van der Waals surface area contributed by atoms with Crippen LogP contribution in [0.5, 0.6) is 28.7 Å². The molecule has 1 fully saturated rings. The number of phenolic OH excluding ortho intramolecular Hbond substituents is 4. The first-order valence-electron chi connectivity index (χ1n) is 9.64. The number of rotatable bonds is 4. The highest BCUT2D eigenvalue weighted by Crippen LogP contribution is 2.39. The Morgan fingerprint density at radius 1 is 0.882 bits per heavy atom. The van der Waals surface area contributed by atoms with Crippen LogP contribution in [0, 0.1) is 0 Å². The predicted octanol–water partition coefficient (Wildman–Crippen LogP) is -0.447. The summed E-state index contributed by atoms with van der Waals surface area (Å²) in [6.45, 7) is 0. The summed E-state index contributed by atoms with van der Waals surface area (Å²) in [6, 6.07) is 5.13. The number of hydrogen-bond acceptors (Lipinski definition) is 12. The fourth-order valence-corrected chi connectivity index (χ4v) is 3.50. The molecule has 180 valence electrons. The van der Waals surface area contributed by atoms with Crippen LogP contribution in [-0.2, 0) is 9.53 Å². The van der Waals surface area contributed by atoms with Gasteiger partial charge in [-0.05, 0) is 18.2 Å². The van der Waals surface area contributed by atoms with E-state index in [1.807, 2.05) is 0 Å². The van der Waals surface area contributed by atoms with E-state index < -0.39 is 82.0 Å². The summed E-state index contributed by atoms with van der Waals surface area (Å²) >= 11 is 0. The molecular weight excluding hydrogens is 460 g/mol. The second-order valence-electron chi connectivity index (χ2n) is 7.48. The van der Waals surface area contributed by atoms with Crippen molar-refractivity contribution in [3.63, 3.8) is 0 Å². The molecule has 0 amide bonds. The third kappa shape index (κ3) is 3.82. The van der Waals surface area contributed by atoms with Gasteiger partial charge in [-0.1, -0.05) is 0 Å². The van der Waals surface area contributed by atoms with E-state index in [9.17, 15) is 50.4 Å². The maximum atomic E-state index is 13.2. The van der Waals surface area contributed by atoms with Crippen LogP contribution in [0.4, 0.5) is 0 Å². The third-order valence-corrected chi connectivity index (χ3v) is 5.20. The minimum Gasteiger partial charge on any atom is -0.508 e. The molecule has 1 aliphatic rings. The van der Waals surface area contributed by atoms with Crippen molar-refractivity contribution >= 4 is 16.9 Å². The zero-order chi connectivity index (χ0) is 24.9. The summed E-state index contributed by atoms with van der Waals surface area (Å²) in [7, 11) is 0. The standard InChI is InChI=1S/C21H18O13/c22-7-4-10(25)12-11(5-7)32-17(6-1-2-8(23)9(24)3-6)18(13(12)26)33-21-16(29)14(27)15(28)19(34-21)20(30)31/h1-5,14-16,19,21-25,27-29H,(H,30,31)/t14-,15-,16-,19-,21+/m0/s1. The van der Waals surface area contributed by atoms with Gasteiger partial charge in [0.15, 0.2) is 23.4 Å². The highest BCUT2D eigenvalue weighted by atomic mass is 16.7. The first-order chi connectivity index (χ1) is 16.0. The number of carboxylic acids is 1. The Morgan fingerprint density at radius 3 is 2.24 bits per heavy atom. The van der Waals surface area contributed by atoms with Gasteiger partial charge in [-0.15, -0.1) is 0 Å². The molecule has 5 atom stereocenters. The van der Waals surface area contributed by atoms with Gasteiger partial charge in [-0.2, -0.15) is 0 Å². The molecule has 1 aromatic heterocycles. The number of phenols is 4. The Balaban J connectivity index is 1.91. The van der Waals surface area contributed by atoms with Crippen LogP contribution in [0.25, 0.3) is 22.3 Å². The van der Waals surface area contributed by atoms with Crippen molar-refractivity contribution in [1.29, 1.82) is 0 Å². The van der Waals surface area contributed by atoms with E-state index in [2.05, 4.69) is 0 Å². The van der Waals surface area contributed by atoms with E-state index >= 15 is 0 Å². The largest absolute Gasteiger partial charge is 0.508 e. The molecule has 0 unspecified atom stereocenters. The van der Waals surface area contributed by atoms with E-state index in [1.54, 1.807) is 0 Å². The molecule has 0 spiro atoms. The molecular formula is C21H18O13. The maximum absolute atomic E-state index is 13.2. The van der Waals surface area contributed by atoms with Gasteiger partial charge in [0.1, 0.15) is 40.8 Å². The van der Waals surface area contributed by atoms with E-state index in [0.29, 0.717) is 0 Å². The van der Waals surface area contributed by atoms with Crippen molar-refractivity contribution in [1.82, 2.24) is 0 Å². The number of carbonyl (C=O) groups is 1. The van der Waals surface area contributed by atoms with Crippen molar-refractivity contribution in [2.45, 2.75) is 30.7 Å². The maximum Gasteiger partial charge on any atom is 0.335 e. The average Bonchev–Trinajstić information content (AvgIpc) is 2.76. The Hall–Kier alpha value is -4.04. The number of hydrogen-bond donors (Lipinski definition) is 8. The van der Waals surface area contributed by atoms with Crippen LogP contribution in [0.1, 0.15) is 0 Å². The first-order valence-corrected chi connectivity index (χ1v) is 9.64. The number of aliphatic hydroxyl groups excluding tert-OH is 3. The lowest BCUT2D eigenvalue weighted by molar-refractivity contribution is -0.271. The molecule has 13 heteroatoms. The molecule has 2 heterocycles. The summed E-state index contributed by atoms with van der Waals surface area (Å²) in [5.74, 6) is -5.11. The van der Waals surface area contributed by atoms with Crippen molar-refractivity contribution in [3.8, 4) is 40.1 Å². The topological polar surface area (TPSA) is 228 Å². The normalized spacial score (nSPS) is 24.7. The smallest absolute Gasteiger partial charge is 0.335 e. The summed E-state index contributed by atoms with van der Waals surface area (Å²) < 4.78 is 16.1. The van der Waals surface area contributed by atoms with Gasteiger partial charge in [0.25, 0.3) is 0 Å². The van der Waals surface area contributed by atoms with E-state index in [-0.39, 0.29) is 11.1 Å². The average molecular weight is 478 g/mol. The lowest BCUT2D eigenvalue weighted by atomic mass is 9.99. The van der Waals surface area contributed by atoms with Gasteiger partial charge in [0, 0.05) is 17.7 Å². The van der Waals surface area contributed by atoms with Gasteiger partial charge in [0.05, 0.1) is 0 Å². The zero-order valence-electron chi connectivity index (χ0n) is 16.9.